The number of nitrogens with zero attached hydrogens (tertiary/aromatic N) is 4. The van der Waals surface area contributed by atoms with Gasteiger partial charge in [0.25, 0.3) is 0 Å². The van der Waals surface area contributed by atoms with E-state index in [4.69, 9.17) is 37.9 Å². The van der Waals surface area contributed by atoms with E-state index in [2.05, 4.69) is 10.3 Å². The lowest BCUT2D eigenvalue weighted by molar-refractivity contribution is -0.318. The van der Waals surface area contributed by atoms with E-state index >= 15 is 0 Å². The number of aromatic nitrogens is 3. The van der Waals surface area contributed by atoms with Crippen LogP contribution in [-0.2, 0) is 55.8 Å². The summed E-state index contributed by atoms with van der Waals surface area (Å²) in [6.07, 6.45) is -9.17. The highest BCUT2D eigenvalue weighted by atomic mass is 16.7. The third kappa shape index (κ3) is 13.1. The molecule has 396 valence electrons. The van der Waals surface area contributed by atoms with Crippen molar-refractivity contribution >= 4 is 17.7 Å². The van der Waals surface area contributed by atoms with Crippen molar-refractivity contribution in [3.8, 4) is 5.75 Å². The number of rotatable bonds is 15. The van der Waals surface area contributed by atoms with E-state index in [9.17, 15) is 39.9 Å². The standard InChI is InChI=1S/C50H80N4O16/c1-14-37-50(11,62)42(57)29(5)39(55)27(3)23-48(9,61)44(30(6)41(31(7)45(59)68-37)69-38-24-49(10,63-13)43(58)32(8)67-38)70-47-40(56)35(22-28(4)66-47)53(12)25-33-26-54(52-51-33)20-21-65-36-19-17-16-18-34(36)46(60)64-15-2/h16-19,26-32,35,37-38,40-44,47,56-58,61-62H,14-15,20-25H2,1-13H3/t27-,28-,29+,30+,31-,32+,35+,37-,38+,40-,41+,42-,43+,44-,47+,48-,49-,50-/m1/s1. The largest absolute Gasteiger partial charge is 0.491 e. The molecule has 4 heterocycles. The van der Waals surface area contributed by atoms with E-state index in [0.29, 0.717) is 30.0 Å². The van der Waals surface area contributed by atoms with Gasteiger partial charge in [0.15, 0.2) is 12.6 Å². The van der Waals surface area contributed by atoms with Crippen LogP contribution in [-0.4, -0.2) is 175 Å². The van der Waals surface area contributed by atoms with Crippen LogP contribution < -0.4 is 4.74 Å². The number of Topliss-reactive ketones (excluding diaryl/α,β-unsaturated/α-hetero) is 1. The highest BCUT2D eigenvalue weighted by Gasteiger charge is 2.53. The van der Waals surface area contributed by atoms with E-state index in [1.54, 1.807) is 83.6 Å². The number of methoxy groups -OCH3 is 1. The van der Waals surface area contributed by atoms with Crippen molar-refractivity contribution in [1.82, 2.24) is 19.9 Å². The molecular formula is C50H80N4O16. The maximum absolute atomic E-state index is 14.4. The first kappa shape index (κ1) is 57.2. The van der Waals surface area contributed by atoms with Crippen LogP contribution >= 0.6 is 0 Å². The zero-order valence-electron chi connectivity index (χ0n) is 43.2. The summed E-state index contributed by atoms with van der Waals surface area (Å²) in [4.78, 5) is 42.8. The maximum atomic E-state index is 14.4. The molecule has 1 aromatic carbocycles. The van der Waals surface area contributed by atoms with Crippen molar-refractivity contribution < 1.29 is 77.8 Å². The van der Waals surface area contributed by atoms with Gasteiger partial charge in [0.1, 0.15) is 47.6 Å². The summed E-state index contributed by atoms with van der Waals surface area (Å²) in [6.45, 7) is 18.9. The minimum atomic E-state index is -2.04. The predicted molar refractivity (Wildman–Crippen MR) is 252 cm³/mol. The van der Waals surface area contributed by atoms with Crippen molar-refractivity contribution in [3.63, 3.8) is 0 Å². The Morgan fingerprint density at radius 2 is 1.63 bits per heavy atom. The Morgan fingerprint density at radius 1 is 0.943 bits per heavy atom. The van der Waals surface area contributed by atoms with Gasteiger partial charge in [-0.25, -0.2) is 9.48 Å². The summed E-state index contributed by atoms with van der Waals surface area (Å²) in [5.41, 5.74) is -4.12. The molecule has 20 heteroatoms. The Morgan fingerprint density at radius 3 is 2.29 bits per heavy atom. The van der Waals surface area contributed by atoms with Crippen LogP contribution in [0.1, 0.15) is 118 Å². The number of para-hydroxylation sites is 1. The van der Waals surface area contributed by atoms with E-state index in [0.717, 1.165) is 0 Å². The van der Waals surface area contributed by atoms with E-state index < -0.39 is 126 Å². The molecule has 3 aliphatic rings. The number of aliphatic hydroxyl groups is 5. The number of likely N-dealkylation sites (N-methyl/N-ethyl adjacent to an activating group) is 1. The minimum absolute atomic E-state index is 0.0486. The van der Waals surface area contributed by atoms with Crippen molar-refractivity contribution in [2.75, 3.05) is 27.4 Å². The SMILES string of the molecule is CCOC(=O)c1ccccc1OCCn1cc(CN(C)[C@H]2C[C@@H](C)O[C@@H](O[C@@H]3[C@@H](C)[C@H](O[C@H]4C[C@@](C)(OC)[C@@H](O)[C@H](C)O4)[C@@H](C)C(=O)O[C@H](CC)[C@@](C)(O)[C@H](O)[C@@H](C)C(=O)[C@H](C)C[C@@]3(C)O)[C@@H]2O)nn1. The monoisotopic (exact) mass is 993 g/mol. The summed E-state index contributed by atoms with van der Waals surface area (Å²) in [7, 11) is 3.30. The second-order valence-corrected chi connectivity index (χ2v) is 20.5. The maximum Gasteiger partial charge on any atom is 0.341 e. The van der Waals surface area contributed by atoms with Gasteiger partial charge in [-0.3, -0.25) is 14.5 Å². The van der Waals surface area contributed by atoms with Crippen LogP contribution in [0.4, 0.5) is 0 Å². The Balaban J connectivity index is 1.42. The molecule has 0 radical (unpaired) electrons. The molecule has 20 nitrogen and oxygen atoms in total. The molecule has 2 aromatic rings. The fraction of sp³-hybridized carbons (Fsp3) is 0.780. The first-order valence-electron chi connectivity index (χ1n) is 24.7. The van der Waals surface area contributed by atoms with Gasteiger partial charge < -0.3 is 63.4 Å². The van der Waals surface area contributed by atoms with E-state index in [1.165, 1.54) is 27.9 Å². The van der Waals surface area contributed by atoms with Crippen molar-refractivity contribution in [1.29, 1.82) is 0 Å². The third-order valence-electron chi connectivity index (χ3n) is 14.7. The molecule has 3 aliphatic heterocycles. The Kier molecular flexibility index (Phi) is 19.6. The van der Waals surface area contributed by atoms with Crippen molar-refractivity contribution in [3.05, 3.63) is 41.7 Å². The highest BCUT2D eigenvalue weighted by Crippen LogP contribution is 2.41. The number of carbonyl (C=O) groups excluding carboxylic acids is 3. The van der Waals surface area contributed by atoms with E-state index in [1.807, 2.05) is 18.9 Å². The first-order chi connectivity index (χ1) is 32.8. The molecule has 3 saturated heterocycles. The Hall–Kier alpha value is -3.67. The van der Waals surface area contributed by atoms with Crippen molar-refractivity contribution in [2.24, 2.45) is 23.7 Å². The quantitative estimate of drug-likeness (QED) is 0.161. The lowest BCUT2D eigenvalue weighted by atomic mass is 9.74. The Bertz CT molecular complexity index is 2040. The second kappa shape index (κ2) is 23.9. The molecule has 3 fully saturated rings. The third-order valence-corrected chi connectivity index (χ3v) is 14.7. The number of cyclic esters (lactones) is 1. The zero-order chi connectivity index (χ0) is 52.0. The zero-order valence-corrected chi connectivity index (χ0v) is 43.2. The van der Waals surface area contributed by atoms with Gasteiger partial charge in [-0.1, -0.05) is 45.0 Å². The molecule has 18 atom stereocenters. The number of aliphatic hydroxyl groups excluding tert-OH is 3. The lowest BCUT2D eigenvalue weighted by Crippen LogP contribution is -2.61. The van der Waals surface area contributed by atoms with Crippen LogP contribution in [0.3, 0.4) is 0 Å². The molecule has 0 amide bonds. The molecule has 5 rings (SSSR count). The highest BCUT2D eigenvalue weighted by molar-refractivity contribution is 5.92. The van der Waals surface area contributed by atoms with Gasteiger partial charge in [0, 0.05) is 50.1 Å². The molecule has 0 spiro atoms. The molecule has 5 N–H and O–H groups in total. The summed E-state index contributed by atoms with van der Waals surface area (Å²) >= 11 is 0. The van der Waals surface area contributed by atoms with Crippen LogP contribution in [0.5, 0.6) is 5.75 Å². The lowest BCUT2D eigenvalue weighted by Gasteiger charge is -2.49. The topological polar surface area (TPSA) is 260 Å². The van der Waals surface area contributed by atoms with Crippen LogP contribution in [0, 0.1) is 23.7 Å². The van der Waals surface area contributed by atoms with Crippen LogP contribution in [0.25, 0.3) is 0 Å². The smallest absolute Gasteiger partial charge is 0.341 e. The molecule has 0 bridgehead atoms. The van der Waals surface area contributed by atoms with Crippen LogP contribution in [0.15, 0.2) is 30.5 Å². The number of ether oxygens (including phenoxy) is 8. The molecular weight excluding hydrogens is 913 g/mol. The molecule has 0 saturated carbocycles. The molecule has 0 unspecified atom stereocenters. The summed E-state index contributed by atoms with van der Waals surface area (Å²) in [6, 6.07) is 6.27. The number of esters is 2. The average Bonchev–Trinajstić information content (AvgIpc) is 3.76. The van der Waals surface area contributed by atoms with Gasteiger partial charge in [-0.2, -0.15) is 0 Å². The van der Waals surface area contributed by atoms with E-state index in [-0.39, 0.29) is 39.0 Å². The number of hydrogen-bond donors (Lipinski definition) is 5. The van der Waals surface area contributed by atoms with Crippen LogP contribution in [0.2, 0.25) is 0 Å². The number of ketones is 1. The van der Waals surface area contributed by atoms with Crippen molar-refractivity contribution in [2.45, 2.75) is 199 Å². The number of carbonyl (C=O) groups is 3. The normalized spacial score (nSPS) is 39.3. The van der Waals surface area contributed by atoms with Gasteiger partial charge in [0.05, 0.1) is 66.5 Å². The van der Waals surface area contributed by atoms with Gasteiger partial charge in [0.2, 0.25) is 0 Å². The summed E-state index contributed by atoms with van der Waals surface area (Å²) in [5, 5.41) is 67.8. The fourth-order valence-corrected chi connectivity index (χ4v) is 10.4. The predicted octanol–water partition coefficient (Wildman–Crippen LogP) is 3.20. The molecule has 1 aromatic heterocycles. The Labute approximate surface area is 412 Å². The molecule has 0 aliphatic carbocycles. The average molecular weight is 993 g/mol. The van der Waals surface area contributed by atoms with Gasteiger partial charge >= 0.3 is 11.9 Å². The summed E-state index contributed by atoms with van der Waals surface area (Å²) < 4.78 is 50.4. The van der Waals surface area contributed by atoms with Gasteiger partial charge in [-0.15, -0.1) is 5.10 Å². The van der Waals surface area contributed by atoms with Gasteiger partial charge in [-0.05, 0) is 86.9 Å². The molecule has 70 heavy (non-hydrogen) atoms. The second-order valence-electron chi connectivity index (χ2n) is 20.5. The first-order valence-corrected chi connectivity index (χ1v) is 24.7. The fourth-order valence-electron chi connectivity index (χ4n) is 10.4. The number of hydrogen-bond acceptors (Lipinski definition) is 19. The minimum Gasteiger partial charge on any atom is -0.491 e. The number of benzene rings is 1. The summed E-state index contributed by atoms with van der Waals surface area (Å²) in [5.74, 6) is -5.43.